The lowest BCUT2D eigenvalue weighted by molar-refractivity contribution is -0.138. The number of pyridine rings is 1. The number of morpholine rings is 1. The van der Waals surface area contributed by atoms with Crippen LogP contribution in [-0.2, 0) is 10.9 Å². The minimum atomic E-state index is -4.72. The van der Waals surface area contributed by atoms with E-state index in [0.29, 0.717) is 35.9 Å². The van der Waals surface area contributed by atoms with Gasteiger partial charge in [-0.2, -0.15) is 22.0 Å². The summed E-state index contributed by atoms with van der Waals surface area (Å²) in [6.07, 6.45) is -3.28. The fraction of sp³-hybridized carbons (Fsp3) is 0.381. The highest BCUT2D eigenvalue weighted by Gasteiger charge is 2.32. The average Bonchev–Trinajstić information content (AvgIpc) is 2.71. The van der Waals surface area contributed by atoms with E-state index in [-0.39, 0.29) is 23.5 Å². The molecular weight excluding hydrogens is 435 g/mol. The minimum Gasteiger partial charge on any atom is -0.434 e. The van der Waals surface area contributed by atoms with Crippen molar-refractivity contribution in [3.05, 3.63) is 42.1 Å². The van der Waals surface area contributed by atoms with Crippen LogP contribution in [0.25, 0.3) is 22.2 Å². The SMILES string of the molecule is CC1CN(c2nnc(-c3ccc(C(F)(F)F)cc3OC(F)F)c3cccnc23)C[C@H](C)O1. The van der Waals surface area contributed by atoms with Crippen molar-refractivity contribution in [1.82, 2.24) is 15.2 Å². The zero-order valence-electron chi connectivity index (χ0n) is 17.1. The second-order valence-corrected chi connectivity index (χ2v) is 7.52. The van der Waals surface area contributed by atoms with Gasteiger partial charge in [0.15, 0.2) is 5.82 Å². The molecule has 0 bridgehead atoms. The summed E-state index contributed by atoms with van der Waals surface area (Å²) in [7, 11) is 0. The Morgan fingerprint density at radius 3 is 2.47 bits per heavy atom. The number of hydrogen-bond acceptors (Lipinski definition) is 6. The van der Waals surface area contributed by atoms with Crippen molar-refractivity contribution >= 4 is 16.7 Å². The van der Waals surface area contributed by atoms with Crippen molar-refractivity contribution in [2.75, 3.05) is 18.0 Å². The van der Waals surface area contributed by atoms with Crippen LogP contribution in [0.1, 0.15) is 19.4 Å². The van der Waals surface area contributed by atoms with Crippen LogP contribution in [0, 0.1) is 0 Å². The topological polar surface area (TPSA) is 60.4 Å². The number of anilines is 1. The summed E-state index contributed by atoms with van der Waals surface area (Å²) in [5.74, 6) is -0.162. The first kappa shape index (κ1) is 22.1. The first-order chi connectivity index (χ1) is 15.1. The molecule has 0 radical (unpaired) electrons. The van der Waals surface area contributed by atoms with Crippen LogP contribution in [-0.4, -0.2) is 47.1 Å². The van der Waals surface area contributed by atoms with Gasteiger partial charge in [-0.25, -0.2) is 0 Å². The summed E-state index contributed by atoms with van der Waals surface area (Å²) < 4.78 is 75.4. The molecule has 1 unspecified atom stereocenters. The third kappa shape index (κ3) is 4.43. The molecule has 6 nitrogen and oxygen atoms in total. The number of halogens is 5. The molecule has 0 amide bonds. The molecule has 3 heterocycles. The van der Waals surface area contributed by atoms with Gasteiger partial charge in [-0.05, 0) is 44.2 Å². The van der Waals surface area contributed by atoms with E-state index >= 15 is 0 Å². The highest BCUT2D eigenvalue weighted by Crippen LogP contribution is 2.40. The molecule has 1 aliphatic heterocycles. The smallest absolute Gasteiger partial charge is 0.416 e. The fourth-order valence-corrected chi connectivity index (χ4v) is 3.82. The van der Waals surface area contributed by atoms with Gasteiger partial charge < -0.3 is 14.4 Å². The van der Waals surface area contributed by atoms with Crippen molar-refractivity contribution in [2.24, 2.45) is 0 Å². The van der Waals surface area contributed by atoms with Gasteiger partial charge in [0.25, 0.3) is 0 Å². The van der Waals surface area contributed by atoms with Gasteiger partial charge in [0.1, 0.15) is 17.0 Å². The Bertz CT molecular complexity index is 1120. The number of alkyl halides is 5. The Morgan fingerprint density at radius 1 is 1.09 bits per heavy atom. The van der Waals surface area contributed by atoms with Gasteiger partial charge >= 0.3 is 12.8 Å². The number of fused-ring (bicyclic) bond motifs is 1. The largest absolute Gasteiger partial charge is 0.434 e. The first-order valence-corrected chi connectivity index (χ1v) is 9.81. The fourth-order valence-electron chi connectivity index (χ4n) is 3.82. The molecule has 1 saturated heterocycles. The van der Waals surface area contributed by atoms with Crippen LogP contribution in [0.3, 0.4) is 0 Å². The molecule has 1 aromatic carbocycles. The molecule has 11 heteroatoms. The van der Waals surface area contributed by atoms with Gasteiger partial charge in [-0.3, -0.25) is 4.98 Å². The Labute approximate surface area is 180 Å². The van der Waals surface area contributed by atoms with Crippen molar-refractivity contribution in [3.8, 4) is 17.0 Å². The normalized spacial score (nSPS) is 19.6. The Hall–Kier alpha value is -3.08. The Kier molecular flexibility index (Phi) is 5.85. The average molecular weight is 454 g/mol. The molecule has 3 aromatic rings. The summed E-state index contributed by atoms with van der Waals surface area (Å²) in [5.41, 5.74) is -0.614. The maximum atomic E-state index is 13.1. The summed E-state index contributed by atoms with van der Waals surface area (Å²) in [4.78, 5) is 6.35. The zero-order valence-corrected chi connectivity index (χ0v) is 17.1. The Morgan fingerprint density at radius 2 is 1.81 bits per heavy atom. The van der Waals surface area contributed by atoms with Crippen molar-refractivity contribution in [3.63, 3.8) is 0 Å². The lowest BCUT2D eigenvalue weighted by Crippen LogP contribution is -2.46. The van der Waals surface area contributed by atoms with Crippen LogP contribution >= 0.6 is 0 Å². The predicted molar refractivity (Wildman–Crippen MR) is 107 cm³/mol. The zero-order chi connectivity index (χ0) is 23.0. The molecule has 170 valence electrons. The minimum absolute atomic E-state index is 0.0425. The standard InChI is InChI=1S/C21H19F5N4O2/c1-11-9-30(10-12(2)31-11)19-18-15(4-3-7-27-18)17(28-29-19)14-6-5-13(21(24,25)26)8-16(14)32-20(22)23/h3-8,11-12,20H,9-10H2,1-2H3/t11-,12?/m0/s1. The van der Waals surface area contributed by atoms with Crippen molar-refractivity contribution in [1.29, 1.82) is 0 Å². The molecule has 2 aromatic heterocycles. The van der Waals surface area contributed by atoms with Crippen LogP contribution in [0.5, 0.6) is 5.75 Å². The highest BCUT2D eigenvalue weighted by atomic mass is 19.4. The van der Waals surface area contributed by atoms with Crippen LogP contribution in [0.4, 0.5) is 27.8 Å². The van der Waals surface area contributed by atoms with E-state index in [1.54, 1.807) is 18.3 Å². The molecule has 0 N–H and O–H groups in total. The third-order valence-electron chi connectivity index (χ3n) is 5.02. The van der Waals surface area contributed by atoms with Gasteiger partial charge in [-0.1, -0.05) is 0 Å². The molecule has 0 spiro atoms. The number of aromatic nitrogens is 3. The summed E-state index contributed by atoms with van der Waals surface area (Å²) in [6, 6.07) is 5.66. The van der Waals surface area contributed by atoms with Gasteiger partial charge in [0.2, 0.25) is 0 Å². The molecule has 0 aliphatic carbocycles. The number of hydrogen-bond donors (Lipinski definition) is 0. The van der Waals surface area contributed by atoms with Gasteiger partial charge in [0.05, 0.1) is 17.8 Å². The van der Waals surface area contributed by atoms with E-state index in [1.807, 2.05) is 18.7 Å². The summed E-state index contributed by atoms with van der Waals surface area (Å²) in [6.45, 7) is 1.63. The van der Waals surface area contributed by atoms with Crippen LogP contribution < -0.4 is 9.64 Å². The van der Waals surface area contributed by atoms with E-state index < -0.39 is 24.1 Å². The van der Waals surface area contributed by atoms with E-state index in [9.17, 15) is 22.0 Å². The van der Waals surface area contributed by atoms with Gasteiger partial charge in [0, 0.05) is 30.2 Å². The lowest BCUT2D eigenvalue weighted by atomic mass is 10.0. The highest BCUT2D eigenvalue weighted by molar-refractivity contribution is 5.98. The monoisotopic (exact) mass is 454 g/mol. The molecular formula is C21H19F5N4O2. The van der Waals surface area contributed by atoms with E-state index in [2.05, 4.69) is 19.9 Å². The second-order valence-electron chi connectivity index (χ2n) is 7.52. The molecule has 0 saturated carbocycles. The summed E-state index contributed by atoms with van der Waals surface area (Å²) >= 11 is 0. The summed E-state index contributed by atoms with van der Waals surface area (Å²) in [5, 5.41) is 8.89. The first-order valence-electron chi connectivity index (χ1n) is 9.81. The van der Waals surface area contributed by atoms with Gasteiger partial charge in [-0.15, -0.1) is 10.2 Å². The van der Waals surface area contributed by atoms with E-state index in [1.165, 1.54) is 0 Å². The third-order valence-corrected chi connectivity index (χ3v) is 5.02. The predicted octanol–water partition coefficient (Wildman–Crippen LogP) is 4.93. The molecule has 1 fully saturated rings. The number of rotatable bonds is 4. The maximum Gasteiger partial charge on any atom is 0.416 e. The molecule has 32 heavy (non-hydrogen) atoms. The second kappa shape index (κ2) is 8.45. The Balaban J connectivity index is 1.86. The quantitative estimate of drug-likeness (QED) is 0.522. The van der Waals surface area contributed by atoms with Crippen LogP contribution in [0.15, 0.2) is 36.5 Å². The maximum absolute atomic E-state index is 13.1. The van der Waals surface area contributed by atoms with Crippen molar-refractivity contribution < 1.29 is 31.4 Å². The lowest BCUT2D eigenvalue weighted by Gasteiger charge is -2.36. The molecule has 2 atom stereocenters. The number of nitrogens with zero attached hydrogens (tertiary/aromatic N) is 4. The number of ether oxygens (including phenoxy) is 2. The van der Waals surface area contributed by atoms with Crippen LogP contribution in [0.2, 0.25) is 0 Å². The number of benzene rings is 1. The van der Waals surface area contributed by atoms with E-state index in [0.717, 1.165) is 12.1 Å². The molecule has 4 rings (SSSR count). The van der Waals surface area contributed by atoms with E-state index in [4.69, 9.17) is 4.74 Å². The molecule has 1 aliphatic rings. The van der Waals surface area contributed by atoms with Crippen molar-refractivity contribution in [2.45, 2.75) is 38.8 Å².